The van der Waals surface area contributed by atoms with Crippen LogP contribution in [-0.4, -0.2) is 19.5 Å². The van der Waals surface area contributed by atoms with Gasteiger partial charge in [-0.15, -0.1) is 11.3 Å². The lowest BCUT2D eigenvalue weighted by Gasteiger charge is -2.06. The normalized spacial score (nSPS) is 10.8. The van der Waals surface area contributed by atoms with Gasteiger partial charge in [-0.05, 0) is 18.6 Å². The van der Waals surface area contributed by atoms with Crippen LogP contribution >= 0.6 is 11.3 Å². The van der Waals surface area contributed by atoms with Gasteiger partial charge in [-0.25, -0.2) is 9.97 Å². The Labute approximate surface area is 122 Å². The average molecular weight is 284 g/mol. The number of pyridine rings is 1. The molecule has 0 radical (unpaired) electrons. The van der Waals surface area contributed by atoms with Crippen molar-refractivity contribution in [2.45, 2.75) is 26.3 Å². The van der Waals surface area contributed by atoms with E-state index in [-0.39, 0.29) is 0 Å². The minimum Gasteiger partial charge on any atom is -0.331 e. The number of hydrogen-bond donors (Lipinski definition) is 0. The third kappa shape index (κ3) is 2.77. The molecule has 102 valence electrons. The predicted octanol–water partition coefficient (Wildman–Crippen LogP) is 3.21. The monoisotopic (exact) mass is 284 g/mol. The van der Waals surface area contributed by atoms with E-state index in [1.165, 1.54) is 5.01 Å². The second-order valence-corrected chi connectivity index (χ2v) is 5.46. The Balaban J connectivity index is 1.74. The molecule has 3 aromatic rings. The third-order valence-corrected chi connectivity index (χ3v) is 4.19. The summed E-state index contributed by atoms with van der Waals surface area (Å²) in [6.45, 7) is 3.02. The molecule has 3 aromatic heterocycles. The van der Waals surface area contributed by atoms with Gasteiger partial charge in [0.2, 0.25) is 0 Å². The molecule has 0 unspecified atom stereocenters. The van der Waals surface area contributed by atoms with Crippen LogP contribution in [0, 0.1) is 0 Å². The highest BCUT2D eigenvalue weighted by Crippen LogP contribution is 2.17. The summed E-state index contributed by atoms with van der Waals surface area (Å²) < 4.78 is 2.15. The Hall–Kier alpha value is -2.01. The fraction of sp³-hybridized carbons (Fsp3) is 0.267. The largest absolute Gasteiger partial charge is 0.331 e. The van der Waals surface area contributed by atoms with Gasteiger partial charge in [0.05, 0.1) is 10.7 Å². The van der Waals surface area contributed by atoms with E-state index in [0.29, 0.717) is 0 Å². The van der Waals surface area contributed by atoms with E-state index < -0.39 is 0 Å². The Kier molecular flexibility index (Phi) is 3.87. The SMILES string of the molecule is CCc1nc(CCn2ccnc2-c2cccnc2)cs1. The highest BCUT2D eigenvalue weighted by Gasteiger charge is 2.07. The summed E-state index contributed by atoms with van der Waals surface area (Å²) >= 11 is 1.74. The summed E-state index contributed by atoms with van der Waals surface area (Å²) in [7, 11) is 0. The minimum atomic E-state index is 0.886. The summed E-state index contributed by atoms with van der Waals surface area (Å²) in [4.78, 5) is 13.2. The van der Waals surface area contributed by atoms with Gasteiger partial charge in [-0.1, -0.05) is 6.92 Å². The van der Waals surface area contributed by atoms with Gasteiger partial charge >= 0.3 is 0 Å². The highest BCUT2D eigenvalue weighted by molar-refractivity contribution is 7.09. The van der Waals surface area contributed by atoms with Crippen molar-refractivity contribution in [3.63, 3.8) is 0 Å². The molecular weight excluding hydrogens is 268 g/mol. The number of thiazole rings is 1. The zero-order valence-corrected chi connectivity index (χ0v) is 12.2. The summed E-state index contributed by atoms with van der Waals surface area (Å²) in [6, 6.07) is 3.96. The molecule has 0 aliphatic rings. The van der Waals surface area contributed by atoms with Crippen LogP contribution in [0.1, 0.15) is 17.6 Å². The molecule has 0 aromatic carbocycles. The van der Waals surface area contributed by atoms with Crippen LogP contribution in [-0.2, 0) is 19.4 Å². The predicted molar refractivity (Wildman–Crippen MR) is 80.7 cm³/mol. The topological polar surface area (TPSA) is 43.6 Å². The van der Waals surface area contributed by atoms with Gasteiger partial charge in [0, 0.05) is 48.7 Å². The maximum atomic E-state index is 4.60. The van der Waals surface area contributed by atoms with Crippen molar-refractivity contribution < 1.29 is 0 Å². The van der Waals surface area contributed by atoms with E-state index >= 15 is 0 Å². The fourth-order valence-electron chi connectivity index (χ4n) is 2.11. The second-order valence-electron chi connectivity index (χ2n) is 4.52. The third-order valence-electron chi connectivity index (χ3n) is 3.15. The molecule has 0 spiro atoms. The van der Waals surface area contributed by atoms with Crippen LogP contribution in [0.5, 0.6) is 0 Å². The molecule has 5 heteroatoms. The quantitative estimate of drug-likeness (QED) is 0.722. The van der Waals surface area contributed by atoms with Crippen molar-refractivity contribution in [3.8, 4) is 11.4 Å². The summed E-state index contributed by atoms with van der Waals surface area (Å²) in [6.07, 6.45) is 9.41. The molecule has 20 heavy (non-hydrogen) atoms. The van der Waals surface area contributed by atoms with Crippen molar-refractivity contribution in [2.24, 2.45) is 0 Å². The van der Waals surface area contributed by atoms with Gasteiger partial charge in [0.25, 0.3) is 0 Å². The molecule has 0 amide bonds. The Morgan fingerprint density at radius 3 is 3.00 bits per heavy atom. The van der Waals surface area contributed by atoms with E-state index in [1.807, 2.05) is 30.7 Å². The molecule has 3 heterocycles. The van der Waals surface area contributed by atoms with Crippen molar-refractivity contribution in [3.05, 3.63) is 53.0 Å². The number of aromatic nitrogens is 4. The standard InChI is InChI=1S/C15H16N4S/c1-2-14-18-13(11-20-14)5-8-19-9-7-17-15(19)12-4-3-6-16-10-12/h3-4,6-7,9-11H,2,5,8H2,1H3. The zero-order chi connectivity index (χ0) is 13.8. The van der Waals surface area contributed by atoms with Crippen molar-refractivity contribution in [1.29, 1.82) is 0 Å². The van der Waals surface area contributed by atoms with Gasteiger partial charge < -0.3 is 4.57 Å². The summed E-state index contributed by atoms with van der Waals surface area (Å²) in [5, 5.41) is 3.36. The minimum absolute atomic E-state index is 0.886. The van der Waals surface area contributed by atoms with Gasteiger partial charge in [-0.3, -0.25) is 4.98 Å². The Morgan fingerprint density at radius 2 is 2.25 bits per heavy atom. The molecule has 0 N–H and O–H groups in total. The molecule has 0 atom stereocenters. The van der Waals surface area contributed by atoms with Crippen LogP contribution in [0.3, 0.4) is 0 Å². The van der Waals surface area contributed by atoms with Crippen LogP contribution in [0.25, 0.3) is 11.4 Å². The number of aryl methyl sites for hydroxylation is 3. The fourth-order valence-corrected chi connectivity index (χ4v) is 2.89. The van der Waals surface area contributed by atoms with Crippen LogP contribution in [0.15, 0.2) is 42.3 Å². The molecule has 4 nitrogen and oxygen atoms in total. The summed E-state index contributed by atoms with van der Waals surface area (Å²) in [5.41, 5.74) is 2.21. The highest BCUT2D eigenvalue weighted by atomic mass is 32.1. The lowest BCUT2D eigenvalue weighted by atomic mass is 10.2. The van der Waals surface area contributed by atoms with Gasteiger partial charge in [-0.2, -0.15) is 0 Å². The van der Waals surface area contributed by atoms with Crippen LogP contribution in [0.2, 0.25) is 0 Å². The van der Waals surface area contributed by atoms with E-state index in [1.54, 1.807) is 17.5 Å². The average Bonchev–Trinajstić information content (AvgIpc) is 3.15. The Morgan fingerprint density at radius 1 is 1.30 bits per heavy atom. The van der Waals surface area contributed by atoms with Gasteiger partial charge in [0.1, 0.15) is 5.82 Å². The van der Waals surface area contributed by atoms with E-state index in [2.05, 4.69) is 31.8 Å². The first-order valence-corrected chi connectivity index (χ1v) is 7.59. The molecule has 0 aliphatic carbocycles. The van der Waals surface area contributed by atoms with Crippen molar-refractivity contribution in [2.75, 3.05) is 0 Å². The molecule has 3 rings (SSSR count). The van der Waals surface area contributed by atoms with Crippen molar-refractivity contribution in [1.82, 2.24) is 19.5 Å². The molecule has 0 fully saturated rings. The van der Waals surface area contributed by atoms with E-state index in [4.69, 9.17) is 0 Å². The maximum Gasteiger partial charge on any atom is 0.141 e. The smallest absolute Gasteiger partial charge is 0.141 e. The maximum absolute atomic E-state index is 4.60. The van der Waals surface area contributed by atoms with Crippen LogP contribution in [0.4, 0.5) is 0 Å². The number of imidazole rings is 1. The number of nitrogens with zero attached hydrogens (tertiary/aromatic N) is 4. The molecule has 0 saturated heterocycles. The number of hydrogen-bond acceptors (Lipinski definition) is 4. The molecule has 0 bridgehead atoms. The van der Waals surface area contributed by atoms with Gasteiger partial charge in [0.15, 0.2) is 0 Å². The van der Waals surface area contributed by atoms with Crippen molar-refractivity contribution >= 4 is 11.3 Å². The first-order valence-electron chi connectivity index (χ1n) is 6.71. The molecular formula is C15H16N4S. The summed E-state index contributed by atoms with van der Waals surface area (Å²) in [5.74, 6) is 0.962. The zero-order valence-electron chi connectivity index (χ0n) is 11.4. The lowest BCUT2D eigenvalue weighted by molar-refractivity contribution is 0.692. The first-order chi connectivity index (χ1) is 9.86. The van der Waals surface area contributed by atoms with E-state index in [0.717, 1.165) is 36.5 Å². The second kappa shape index (κ2) is 5.96. The van der Waals surface area contributed by atoms with E-state index in [9.17, 15) is 0 Å². The first kappa shape index (κ1) is 13.0. The number of rotatable bonds is 5. The molecule has 0 saturated carbocycles. The lowest BCUT2D eigenvalue weighted by Crippen LogP contribution is -2.03. The molecule has 0 aliphatic heterocycles. The van der Waals surface area contributed by atoms with Crippen LogP contribution < -0.4 is 0 Å². The Bertz CT molecular complexity index is 672.